The maximum absolute atomic E-state index is 11.4. The van der Waals surface area contributed by atoms with Crippen molar-refractivity contribution in [2.24, 2.45) is 11.8 Å². The summed E-state index contributed by atoms with van der Waals surface area (Å²) in [6.07, 6.45) is 5.31. The fourth-order valence-corrected chi connectivity index (χ4v) is 4.20. The lowest BCUT2D eigenvalue weighted by Crippen LogP contribution is -2.41. The van der Waals surface area contributed by atoms with Gasteiger partial charge in [0.25, 0.3) is 0 Å². The minimum Gasteiger partial charge on any atom is -0.494 e. The maximum Gasteiger partial charge on any atom is 0.303 e. The van der Waals surface area contributed by atoms with Crippen molar-refractivity contribution >= 4 is 17.0 Å². The molecule has 8 heteroatoms. The normalized spacial score (nSPS) is 20.5. The van der Waals surface area contributed by atoms with Gasteiger partial charge in [0.15, 0.2) is 0 Å². The van der Waals surface area contributed by atoms with Gasteiger partial charge in [-0.25, -0.2) is 9.97 Å². The first kappa shape index (κ1) is 18.5. The molecule has 2 unspecified atom stereocenters. The highest BCUT2D eigenvalue weighted by molar-refractivity contribution is 5.81. The fourth-order valence-electron chi connectivity index (χ4n) is 4.20. The molecule has 2 aromatic heterocycles. The molecule has 1 aliphatic heterocycles. The average molecular weight is 383 g/mol. The first-order chi connectivity index (χ1) is 13.6. The summed E-state index contributed by atoms with van der Waals surface area (Å²) in [6.45, 7) is 2.52. The van der Waals surface area contributed by atoms with Gasteiger partial charge < -0.3 is 19.8 Å². The lowest BCUT2D eigenvalue weighted by molar-refractivity contribution is -0.139. The van der Waals surface area contributed by atoms with Crippen LogP contribution in [0.4, 0.5) is 0 Å². The number of H-pyrrole nitrogens is 2. The van der Waals surface area contributed by atoms with E-state index in [0.717, 1.165) is 60.8 Å². The van der Waals surface area contributed by atoms with E-state index in [9.17, 15) is 9.90 Å². The molecular weight excluding hydrogens is 358 g/mol. The summed E-state index contributed by atoms with van der Waals surface area (Å²) in [5.74, 6) is 1.25. The molecule has 8 nitrogen and oxygen atoms in total. The number of hydrogen-bond acceptors (Lipinski definition) is 5. The number of para-hydroxylation sites is 1. The Labute approximate surface area is 163 Å². The first-order valence-corrected chi connectivity index (χ1v) is 9.55. The lowest BCUT2D eigenvalue weighted by atomic mass is 9.81. The first-order valence-electron chi connectivity index (χ1n) is 9.55. The Bertz CT molecular complexity index is 937. The molecule has 0 spiro atoms. The third kappa shape index (κ3) is 4.01. The van der Waals surface area contributed by atoms with E-state index >= 15 is 0 Å². The van der Waals surface area contributed by atoms with Crippen LogP contribution in [0.5, 0.6) is 5.75 Å². The van der Waals surface area contributed by atoms with Crippen molar-refractivity contribution < 1.29 is 14.6 Å². The van der Waals surface area contributed by atoms with E-state index in [1.165, 1.54) is 0 Å². The standard InChI is InChI=1S/C20H25N5O3/c1-28-17-4-2-3-16-20(17)24-18(23-16)7-14-10-25(11-15-9-21-12-22-15)6-5-13(14)8-19(26)27/h2-4,9,12-14H,5-8,10-11H2,1H3,(H,21,22)(H,23,24)(H,26,27). The molecular formula is C20H25N5O3. The number of fused-ring (bicyclic) bond motifs is 1. The van der Waals surface area contributed by atoms with Gasteiger partial charge in [0, 0.05) is 37.8 Å². The number of likely N-dealkylation sites (tertiary alicyclic amines) is 1. The third-order valence-electron chi connectivity index (χ3n) is 5.56. The number of carbonyl (C=O) groups is 1. The number of imidazole rings is 2. The maximum atomic E-state index is 11.4. The summed E-state index contributed by atoms with van der Waals surface area (Å²) in [5.41, 5.74) is 2.83. The smallest absolute Gasteiger partial charge is 0.303 e. The summed E-state index contributed by atoms with van der Waals surface area (Å²) in [7, 11) is 1.64. The molecule has 28 heavy (non-hydrogen) atoms. The van der Waals surface area contributed by atoms with Crippen LogP contribution in [0.25, 0.3) is 11.0 Å². The van der Waals surface area contributed by atoms with E-state index in [2.05, 4.69) is 19.9 Å². The lowest BCUT2D eigenvalue weighted by Gasteiger charge is -2.37. The van der Waals surface area contributed by atoms with E-state index < -0.39 is 5.97 Å². The summed E-state index contributed by atoms with van der Waals surface area (Å²) in [6, 6.07) is 5.81. The molecule has 1 fully saturated rings. The van der Waals surface area contributed by atoms with Gasteiger partial charge in [0.05, 0.1) is 19.0 Å². The second kappa shape index (κ2) is 8.02. The minimum absolute atomic E-state index is 0.144. The van der Waals surface area contributed by atoms with Gasteiger partial charge in [-0.3, -0.25) is 9.69 Å². The van der Waals surface area contributed by atoms with E-state index in [4.69, 9.17) is 9.72 Å². The number of rotatable bonds is 7. The van der Waals surface area contributed by atoms with Gasteiger partial charge in [-0.2, -0.15) is 0 Å². The Morgan fingerprint density at radius 3 is 3.04 bits per heavy atom. The van der Waals surface area contributed by atoms with Gasteiger partial charge >= 0.3 is 5.97 Å². The molecule has 3 aromatic rings. The average Bonchev–Trinajstić information content (AvgIpc) is 3.32. The highest BCUT2D eigenvalue weighted by atomic mass is 16.5. The number of carboxylic acids is 1. The summed E-state index contributed by atoms with van der Waals surface area (Å²) >= 11 is 0. The molecule has 4 rings (SSSR count). The molecule has 1 aliphatic rings. The van der Waals surface area contributed by atoms with Crippen molar-refractivity contribution in [2.45, 2.75) is 25.8 Å². The molecule has 1 aromatic carbocycles. The van der Waals surface area contributed by atoms with Crippen molar-refractivity contribution in [3.8, 4) is 5.75 Å². The number of aromatic nitrogens is 4. The number of aromatic amines is 2. The molecule has 3 N–H and O–H groups in total. The molecule has 0 saturated carbocycles. The Kier molecular flexibility index (Phi) is 5.29. The zero-order chi connectivity index (χ0) is 19.5. The van der Waals surface area contributed by atoms with Crippen molar-refractivity contribution in [1.82, 2.24) is 24.8 Å². The summed E-state index contributed by atoms with van der Waals surface area (Å²) in [5, 5.41) is 9.34. The van der Waals surface area contributed by atoms with E-state index in [1.54, 1.807) is 13.4 Å². The largest absolute Gasteiger partial charge is 0.494 e. The Balaban J connectivity index is 1.53. The number of nitrogens with one attached hydrogen (secondary N) is 2. The van der Waals surface area contributed by atoms with Crippen LogP contribution >= 0.6 is 0 Å². The van der Waals surface area contributed by atoms with Gasteiger partial charge in [0.1, 0.15) is 17.1 Å². The predicted octanol–water partition coefficient (Wildman–Crippen LogP) is 2.45. The highest BCUT2D eigenvalue weighted by Crippen LogP contribution is 2.31. The molecule has 1 saturated heterocycles. The van der Waals surface area contributed by atoms with Gasteiger partial charge in [-0.05, 0) is 36.9 Å². The molecule has 148 valence electrons. The van der Waals surface area contributed by atoms with Crippen molar-refractivity contribution in [2.75, 3.05) is 20.2 Å². The van der Waals surface area contributed by atoms with Gasteiger partial charge in [0.2, 0.25) is 0 Å². The Morgan fingerprint density at radius 1 is 1.39 bits per heavy atom. The van der Waals surface area contributed by atoms with Crippen LogP contribution < -0.4 is 4.74 Å². The zero-order valence-corrected chi connectivity index (χ0v) is 15.9. The van der Waals surface area contributed by atoms with Crippen LogP contribution in [0.15, 0.2) is 30.7 Å². The minimum atomic E-state index is -0.733. The molecule has 0 aliphatic carbocycles. The Hall–Kier alpha value is -2.87. The van der Waals surface area contributed by atoms with E-state index in [1.807, 2.05) is 24.4 Å². The van der Waals surface area contributed by atoms with Gasteiger partial charge in [-0.1, -0.05) is 6.07 Å². The number of methoxy groups -OCH3 is 1. The van der Waals surface area contributed by atoms with Crippen molar-refractivity contribution in [3.05, 3.63) is 42.2 Å². The molecule has 2 atom stereocenters. The van der Waals surface area contributed by atoms with Crippen LogP contribution in [0.3, 0.4) is 0 Å². The van der Waals surface area contributed by atoms with Crippen LogP contribution in [0.2, 0.25) is 0 Å². The molecule has 3 heterocycles. The highest BCUT2D eigenvalue weighted by Gasteiger charge is 2.31. The predicted molar refractivity (Wildman–Crippen MR) is 104 cm³/mol. The number of aliphatic carboxylic acids is 1. The number of nitrogens with zero attached hydrogens (tertiary/aromatic N) is 3. The van der Waals surface area contributed by atoms with Crippen molar-refractivity contribution in [3.63, 3.8) is 0 Å². The third-order valence-corrected chi connectivity index (χ3v) is 5.56. The number of piperidine rings is 1. The topological polar surface area (TPSA) is 107 Å². The van der Waals surface area contributed by atoms with Crippen LogP contribution in [0.1, 0.15) is 24.4 Å². The molecule has 0 radical (unpaired) electrons. The Morgan fingerprint density at radius 2 is 2.29 bits per heavy atom. The van der Waals surface area contributed by atoms with Crippen molar-refractivity contribution in [1.29, 1.82) is 0 Å². The monoisotopic (exact) mass is 383 g/mol. The quantitative estimate of drug-likeness (QED) is 0.578. The molecule has 0 bridgehead atoms. The number of hydrogen-bond donors (Lipinski definition) is 3. The number of ether oxygens (including phenoxy) is 1. The zero-order valence-electron chi connectivity index (χ0n) is 15.9. The van der Waals surface area contributed by atoms with E-state index in [-0.39, 0.29) is 18.3 Å². The number of benzene rings is 1. The van der Waals surface area contributed by atoms with Crippen LogP contribution in [0, 0.1) is 11.8 Å². The second-order valence-corrected chi connectivity index (χ2v) is 7.46. The number of carboxylic acid groups (broad SMARTS) is 1. The van der Waals surface area contributed by atoms with Gasteiger partial charge in [-0.15, -0.1) is 0 Å². The summed E-state index contributed by atoms with van der Waals surface area (Å²) in [4.78, 5) is 29.1. The summed E-state index contributed by atoms with van der Waals surface area (Å²) < 4.78 is 5.40. The second-order valence-electron chi connectivity index (χ2n) is 7.46. The molecule has 0 amide bonds. The van der Waals surface area contributed by atoms with E-state index in [0.29, 0.717) is 0 Å². The van der Waals surface area contributed by atoms with Crippen LogP contribution in [-0.4, -0.2) is 56.1 Å². The SMILES string of the molecule is COc1cccc2[nH]c(CC3CN(Cc4cnc[nH]4)CCC3CC(=O)O)nc12. The fraction of sp³-hybridized carbons (Fsp3) is 0.450. The van der Waals surface area contributed by atoms with Crippen LogP contribution in [-0.2, 0) is 17.8 Å².